The van der Waals surface area contributed by atoms with Gasteiger partial charge in [0.2, 0.25) is 0 Å². The summed E-state index contributed by atoms with van der Waals surface area (Å²) in [6.07, 6.45) is 1.73. The Morgan fingerprint density at radius 3 is 2.69 bits per heavy atom. The number of nitrogens with zero attached hydrogens (tertiary/aromatic N) is 2. The van der Waals surface area contributed by atoms with Crippen LogP contribution in [0.2, 0.25) is 0 Å². The minimum atomic E-state index is -0.388. The van der Waals surface area contributed by atoms with Crippen molar-refractivity contribution >= 4 is 15.9 Å². The number of hydrogen-bond acceptors (Lipinski definition) is 3. The van der Waals surface area contributed by atoms with Crippen LogP contribution in [0.1, 0.15) is 5.69 Å². The predicted molar refractivity (Wildman–Crippen MR) is 52.1 cm³/mol. The van der Waals surface area contributed by atoms with Crippen LogP contribution in [0.5, 0.6) is 0 Å². The predicted octanol–water partition coefficient (Wildman–Crippen LogP) is 1.21. The summed E-state index contributed by atoms with van der Waals surface area (Å²) >= 11 is 3.31. The lowest BCUT2D eigenvalue weighted by Gasteiger charge is -2.35. The Kier molecular flexibility index (Phi) is 2.06. The second-order valence-electron chi connectivity index (χ2n) is 3.16. The first-order chi connectivity index (χ1) is 6.27. The Morgan fingerprint density at radius 2 is 2.31 bits per heavy atom. The molecule has 2 heterocycles. The summed E-state index contributed by atoms with van der Waals surface area (Å²) in [4.78, 5) is 4.23. The van der Waals surface area contributed by atoms with E-state index in [1.165, 1.54) is 0 Å². The van der Waals surface area contributed by atoms with E-state index in [1.807, 2.05) is 12.1 Å². The number of aromatic nitrogens is 1. The quantitative estimate of drug-likeness (QED) is 0.799. The highest BCUT2D eigenvalue weighted by molar-refractivity contribution is 9.10. The fraction of sp³-hybridized carbons (Fsp3) is 0.333. The molecule has 3 nitrogen and oxygen atoms in total. The lowest BCUT2D eigenvalue weighted by Crippen LogP contribution is -2.56. The molecule has 4 heteroatoms. The molecule has 0 spiro atoms. The normalized spacial score (nSPS) is 18.8. The zero-order chi connectivity index (χ0) is 9.31. The number of nitriles is 1. The number of halogens is 1. The smallest absolute Gasteiger partial charge is 0.124 e. The summed E-state index contributed by atoms with van der Waals surface area (Å²) in [7, 11) is 0. The minimum Gasteiger partial charge on any atom is -0.313 e. The van der Waals surface area contributed by atoms with Crippen LogP contribution in [0.3, 0.4) is 0 Å². The van der Waals surface area contributed by atoms with E-state index >= 15 is 0 Å². The molecule has 1 aliphatic rings. The molecule has 0 saturated carbocycles. The van der Waals surface area contributed by atoms with Crippen molar-refractivity contribution in [3.63, 3.8) is 0 Å². The van der Waals surface area contributed by atoms with E-state index in [0.29, 0.717) is 13.1 Å². The molecule has 0 aliphatic carbocycles. The van der Waals surface area contributed by atoms with Crippen molar-refractivity contribution < 1.29 is 0 Å². The molecule has 0 amide bonds. The number of pyridine rings is 1. The van der Waals surface area contributed by atoms with Crippen LogP contribution in [0.4, 0.5) is 0 Å². The van der Waals surface area contributed by atoms with Gasteiger partial charge < -0.3 is 5.32 Å². The highest BCUT2D eigenvalue weighted by Crippen LogP contribution is 2.26. The number of hydrogen-bond donors (Lipinski definition) is 1. The first-order valence-electron chi connectivity index (χ1n) is 4.01. The van der Waals surface area contributed by atoms with E-state index in [4.69, 9.17) is 5.26 Å². The minimum absolute atomic E-state index is 0.388. The van der Waals surface area contributed by atoms with Crippen molar-refractivity contribution in [3.05, 3.63) is 28.5 Å². The first-order valence-corrected chi connectivity index (χ1v) is 4.80. The summed E-state index contributed by atoms with van der Waals surface area (Å²) < 4.78 is 0.941. The zero-order valence-corrected chi connectivity index (χ0v) is 8.50. The molecule has 1 N–H and O–H groups in total. The summed E-state index contributed by atoms with van der Waals surface area (Å²) in [5.74, 6) is 0. The van der Waals surface area contributed by atoms with Crippen molar-refractivity contribution in [2.24, 2.45) is 0 Å². The van der Waals surface area contributed by atoms with E-state index in [2.05, 4.69) is 32.3 Å². The maximum absolute atomic E-state index is 9.02. The van der Waals surface area contributed by atoms with Crippen molar-refractivity contribution in [2.45, 2.75) is 5.41 Å². The molecule has 1 aromatic heterocycles. The van der Waals surface area contributed by atoms with Gasteiger partial charge in [-0.1, -0.05) is 0 Å². The van der Waals surface area contributed by atoms with Crippen molar-refractivity contribution in [3.8, 4) is 6.07 Å². The van der Waals surface area contributed by atoms with E-state index in [0.717, 1.165) is 10.2 Å². The van der Waals surface area contributed by atoms with Crippen LogP contribution >= 0.6 is 15.9 Å². The molecule has 1 fully saturated rings. The Hall–Kier alpha value is -0.920. The summed E-state index contributed by atoms with van der Waals surface area (Å²) in [5.41, 5.74) is 0.470. The Balaban J connectivity index is 2.35. The average molecular weight is 238 g/mol. The number of rotatable bonds is 1. The van der Waals surface area contributed by atoms with E-state index in [9.17, 15) is 0 Å². The maximum Gasteiger partial charge on any atom is 0.124 e. The van der Waals surface area contributed by atoms with E-state index in [-0.39, 0.29) is 5.41 Å². The average Bonchev–Trinajstić information content (AvgIpc) is 2.07. The molecule has 66 valence electrons. The highest BCUT2D eigenvalue weighted by atomic mass is 79.9. The Bertz CT molecular complexity index is 348. The molecule has 1 saturated heterocycles. The van der Waals surface area contributed by atoms with Gasteiger partial charge in [0.25, 0.3) is 0 Å². The molecule has 0 aromatic carbocycles. The number of nitrogens with one attached hydrogen (secondary N) is 1. The van der Waals surface area contributed by atoms with Crippen molar-refractivity contribution in [2.75, 3.05) is 13.1 Å². The molecule has 0 bridgehead atoms. The Morgan fingerprint density at radius 1 is 1.54 bits per heavy atom. The van der Waals surface area contributed by atoms with Gasteiger partial charge in [-0.3, -0.25) is 4.98 Å². The fourth-order valence-electron chi connectivity index (χ4n) is 1.35. The van der Waals surface area contributed by atoms with Crippen LogP contribution in [0.25, 0.3) is 0 Å². The summed E-state index contributed by atoms with van der Waals surface area (Å²) in [6, 6.07) is 6.12. The molecule has 2 rings (SSSR count). The lowest BCUT2D eigenvalue weighted by atomic mass is 9.80. The molecule has 1 aromatic rings. The van der Waals surface area contributed by atoms with Crippen molar-refractivity contribution in [1.29, 1.82) is 5.26 Å². The third-order valence-electron chi connectivity index (χ3n) is 2.29. The summed E-state index contributed by atoms with van der Waals surface area (Å²) in [5, 5.41) is 12.1. The third-order valence-corrected chi connectivity index (χ3v) is 2.75. The standard InChI is InChI=1S/C9H8BrN3/c10-7-1-2-8(13-3-7)9(4-11)5-12-6-9/h1-3,12H,5-6H2. The van der Waals surface area contributed by atoms with Crippen LogP contribution in [0, 0.1) is 11.3 Å². The molecule has 1 aliphatic heterocycles. The molecular weight excluding hydrogens is 230 g/mol. The molecule has 0 unspecified atom stereocenters. The van der Waals surface area contributed by atoms with Crippen LogP contribution in [-0.4, -0.2) is 18.1 Å². The molecule has 0 radical (unpaired) electrons. The van der Waals surface area contributed by atoms with Crippen molar-refractivity contribution in [1.82, 2.24) is 10.3 Å². The van der Waals surface area contributed by atoms with Crippen LogP contribution in [0.15, 0.2) is 22.8 Å². The Labute approximate surface area is 84.9 Å². The van der Waals surface area contributed by atoms with Gasteiger partial charge in [-0.15, -0.1) is 0 Å². The van der Waals surface area contributed by atoms with Gasteiger partial charge in [0, 0.05) is 23.8 Å². The SMILES string of the molecule is N#CC1(c2ccc(Br)cn2)CNC1. The van der Waals surface area contributed by atoms with Gasteiger partial charge in [0.15, 0.2) is 0 Å². The zero-order valence-electron chi connectivity index (χ0n) is 6.92. The first kappa shape index (κ1) is 8.67. The highest BCUT2D eigenvalue weighted by Gasteiger charge is 2.40. The van der Waals surface area contributed by atoms with Crippen LogP contribution in [-0.2, 0) is 5.41 Å². The van der Waals surface area contributed by atoms with Gasteiger partial charge in [-0.2, -0.15) is 5.26 Å². The lowest BCUT2D eigenvalue weighted by molar-refractivity contribution is 0.348. The third kappa shape index (κ3) is 1.34. The molecule has 13 heavy (non-hydrogen) atoms. The largest absolute Gasteiger partial charge is 0.313 e. The fourth-order valence-corrected chi connectivity index (χ4v) is 1.59. The maximum atomic E-state index is 9.02. The molecule has 0 atom stereocenters. The second kappa shape index (κ2) is 3.09. The van der Waals surface area contributed by atoms with Gasteiger partial charge >= 0.3 is 0 Å². The molecular formula is C9H8BrN3. The van der Waals surface area contributed by atoms with Gasteiger partial charge in [0.1, 0.15) is 5.41 Å². The van der Waals surface area contributed by atoms with E-state index in [1.54, 1.807) is 6.20 Å². The van der Waals surface area contributed by atoms with Gasteiger partial charge in [0.05, 0.1) is 11.8 Å². The van der Waals surface area contributed by atoms with Gasteiger partial charge in [-0.25, -0.2) is 0 Å². The second-order valence-corrected chi connectivity index (χ2v) is 4.07. The monoisotopic (exact) mass is 237 g/mol. The summed E-state index contributed by atoms with van der Waals surface area (Å²) in [6.45, 7) is 1.41. The topological polar surface area (TPSA) is 48.7 Å². The van der Waals surface area contributed by atoms with Gasteiger partial charge in [-0.05, 0) is 28.1 Å². The van der Waals surface area contributed by atoms with Crippen LogP contribution < -0.4 is 5.32 Å². The van der Waals surface area contributed by atoms with E-state index < -0.39 is 0 Å².